The lowest BCUT2D eigenvalue weighted by Crippen LogP contribution is -2.25. The van der Waals surface area contributed by atoms with Crippen LogP contribution in [0.25, 0.3) is 0 Å². The molecule has 0 aliphatic heterocycles. The van der Waals surface area contributed by atoms with Gasteiger partial charge in [-0.25, -0.2) is 9.78 Å². The van der Waals surface area contributed by atoms with Gasteiger partial charge in [0.1, 0.15) is 5.69 Å². The Morgan fingerprint density at radius 3 is 2.52 bits per heavy atom. The molecule has 0 saturated heterocycles. The first-order valence-corrected chi connectivity index (χ1v) is 9.39. The Morgan fingerprint density at radius 1 is 0.966 bits per heavy atom. The summed E-state index contributed by atoms with van der Waals surface area (Å²) in [5.41, 5.74) is 3.52. The van der Waals surface area contributed by atoms with Gasteiger partial charge in [-0.15, -0.1) is 0 Å². The van der Waals surface area contributed by atoms with Crippen molar-refractivity contribution in [1.29, 1.82) is 0 Å². The van der Waals surface area contributed by atoms with E-state index in [-0.39, 0.29) is 5.91 Å². The van der Waals surface area contributed by atoms with Crippen LogP contribution in [0.1, 0.15) is 32.8 Å². The lowest BCUT2D eigenvalue weighted by Gasteiger charge is -2.09. The number of pyridine rings is 1. The van der Waals surface area contributed by atoms with Crippen molar-refractivity contribution >= 4 is 23.3 Å². The molecule has 0 aliphatic rings. The molecular formula is C23H23N3O3. The molecule has 0 saturated carbocycles. The number of benzene rings is 2. The molecule has 0 fully saturated rings. The van der Waals surface area contributed by atoms with E-state index in [1.54, 1.807) is 36.5 Å². The summed E-state index contributed by atoms with van der Waals surface area (Å²) in [6.45, 7) is 0.593. The number of nitrogens with zero attached hydrogens (tertiary/aromatic N) is 1. The molecule has 6 nitrogen and oxygen atoms in total. The summed E-state index contributed by atoms with van der Waals surface area (Å²) in [5, 5.41) is 6.05. The molecule has 148 valence electrons. The van der Waals surface area contributed by atoms with Crippen LogP contribution in [0.15, 0.2) is 72.9 Å². The van der Waals surface area contributed by atoms with Crippen LogP contribution in [0, 0.1) is 0 Å². The maximum absolute atomic E-state index is 12.2. The van der Waals surface area contributed by atoms with Gasteiger partial charge >= 0.3 is 5.97 Å². The van der Waals surface area contributed by atoms with E-state index in [9.17, 15) is 9.59 Å². The average Bonchev–Trinajstić information content (AvgIpc) is 2.77. The summed E-state index contributed by atoms with van der Waals surface area (Å²) in [4.78, 5) is 28.1. The normalized spacial score (nSPS) is 10.2. The van der Waals surface area contributed by atoms with E-state index < -0.39 is 5.97 Å². The number of anilines is 2. The first-order chi connectivity index (χ1) is 14.2. The van der Waals surface area contributed by atoms with Gasteiger partial charge in [0.05, 0.1) is 24.6 Å². The molecule has 6 heteroatoms. The second-order valence-corrected chi connectivity index (χ2v) is 6.47. The van der Waals surface area contributed by atoms with Crippen molar-refractivity contribution in [2.75, 3.05) is 19.0 Å². The van der Waals surface area contributed by atoms with Gasteiger partial charge in [0.2, 0.25) is 0 Å². The van der Waals surface area contributed by atoms with Crippen molar-refractivity contribution < 1.29 is 14.3 Å². The van der Waals surface area contributed by atoms with Crippen LogP contribution in [0.2, 0.25) is 0 Å². The zero-order chi connectivity index (χ0) is 20.5. The molecule has 3 aromatic rings. The van der Waals surface area contributed by atoms with Gasteiger partial charge in [-0.3, -0.25) is 4.79 Å². The monoisotopic (exact) mass is 389 g/mol. The highest BCUT2D eigenvalue weighted by Crippen LogP contribution is 2.17. The zero-order valence-electron chi connectivity index (χ0n) is 16.2. The number of methoxy groups -OCH3 is 1. The minimum Gasteiger partial charge on any atom is -0.465 e. The van der Waals surface area contributed by atoms with Crippen LogP contribution >= 0.6 is 0 Å². The van der Waals surface area contributed by atoms with Crippen molar-refractivity contribution in [3.63, 3.8) is 0 Å². The second kappa shape index (κ2) is 10.0. The van der Waals surface area contributed by atoms with Gasteiger partial charge in [-0.1, -0.05) is 36.4 Å². The van der Waals surface area contributed by atoms with Crippen molar-refractivity contribution in [2.24, 2.45) is 0 Å². The van der Waals surface area contributed by atoms with Gasteiger partial charge in [-0.05, 0) is 48.7 Å². The number of hydrogen-bond donors (Lipinski definition) is 2. The molecule has 3 rings (SSSR count). The van der Waals surface area contributed by atoms with Gasteiger partial charge < -0.3 is 15.4 Å². The Hall–Kier alpha value is -3.67. The van der Waals surface area contributed by atoms with E-state index >= 15 is 0 Å². The molecule has 0 bridgehead atoms. The van der Waals surface area contributed by atoms with Crippen molar-refractivity contribution in [2.45, 2.75) is 12.8 Å². The molecule has 2 aromatic carbocycles. The second-order valence-electron chi connectivity index (χ2n) is 6.47. The van der Waals surface area contributed by atoms with Gasteiger partial charge in [0.15, 0.2) is 0 Å². The summed E-state index contributed by atoms with van der Waals surface area (Å²) in [6, 6.07) is 20.6. The molecule has 1 aromatic heterocycles. The van der Waals surface area contributed by atoms with E-state index in [1.165, 1.54) is 12.7 Å². The Kier molecular flexibility index (Phi) is 6.95. The van der Waals surface area contributed by atoms with Crippen molar-refractivity contribution in [3.8, 4) is 0 Å². The highest BCUT2D eigenvalue weighted by Gasteiger charge is 2.08. The lowest BCUT2D eigenvalue weighted by molar-refractivity contribution is 0.0600. The van der Waals surface area contributed by atoms with E-state index in [1.807, 2.05) is 24.3 Å². The smallest absolute Gasteiger partial charge is 0.337 e. The fourth-order valence-corrected chi connectivity index (χ4v) is 2.84. The van der Waals surface area contributed by atoms with E-state index in [0.717, 1.165) is 18.5 Å². The van der Waals surface area contributed by atoms with Crippen LogP contribution < -0.4 is 10.6 Å². The first-order valence-electron chi connectivity index (χ1n) is 9.39. The maximum atomic E-state index is 12.2. The van der Waals surface area contributed by atoms with Crippen LogP contribution in [-0.2, 0) is 11.2 Å². The van der Waals surface area contributed by atoms with Crippen molar-refractivity contribution in [3.05, 3.63) is 89.7 Å². The number of rotatable bonds is 8. The number of carbonyl (C=O) groups excluding carboxylic acids is 2. The van der Waals surface area contributed by atoms with Gasteiger partial charge in [0, 0.05) is 12.2 Å². The predicted octanol–water partition coefficient (Wildman–Crippen LogP) is 3.97. The highest BCUT2D eigenvalue weighted by atomic mass is 16.5. The standard InChI is InChI=1S/C23H23N3O3/c1-29-23(28)18-10-5-11-19(15-18)26-20-12-13-21(25-16-20)22(27)24-14-6-9-17-7-3-2-4-8-17/h2-5,7-8,10-13,15-16,26H,6,9,14H2,1H3,(H,24,27). The molecule has 0 radical (unpaired) electrons. The van der Waals surface area contributed by atoms with Gasteiger partial charge in [0.25, 0.3) is 5.91 Å². The predicted molar refractivity (Wildman–Crippen MR) is 112 cm³/mol. The molecule has 0 aliphatic carbocycles. The van der Waals surface area contributed by atoms with E-state index in [4.69, 9.17) is 4.74 Å². The van der Waals surface area contributed by atoms with Crippen molar-refractivity contribution in [1.82, 2.24) is 10.3 Å². The molecular weight excluding hydrogens is 366 g/mol. The van der Waals surface area contributed by atoms with Crippen LogP contribution in [-0.4, -0.2) is 30.5 Å². The van der Waals surface area contributed by atoms with Gasteiger partial charge in [-0.2, -0.15) is 0 Å². The summed E-state index contributed by atoms with van der Waals surface area (Å²) in [5.74, 6) is -0.594. The number of aromatic nitrogens is 1. The Bertz CT molecular complexity index is 957. The fraction of sp³-hybridized carbons (Fsp3) is 0.174. The Morgan fingerprint density at radius 2 is 1.79 bits per heavy atom. The first kappa shape index (κ1) is 20.1. The number of esters is 1. The van der Waals surface area contributed by atoms with Crippen LogP contribution in [0.4, 0.5) is 11.4 Å². The quantitative estimate of drug-likeness (QED) is 0.450. The van der Waals surface area contributed by atoms with E-state index in [0.29, 0.717) is 23.5 Å². The highest BCUT2D eigenvalue weighted by molar-refractivity contribution is 5.92. The summed E-state index contributed by atoms with van der Waals surface area (Å²) < 4.78 is 4.73. The third-order valence-corrected chi connectivity index (χ3v) is 4.34. The minimum atomic E-state index is -0.397. The minimum absolute atomic E-state index is 0.197. The van der Waals surface area contributed by atoms with Crippen LogP contribution in [0.3, 0.4) is 0 Å². The molecule has 29 heavy (non-hydrogen) atoms. The van der Waals surface area contributed by atoms with E-state index in [2.05, 4.69) is 27.8 Å². The summed E-state index contributed by atoms with van der Waals surface area (Å²) >= 11 is 0. The molecule has 0 atom stereocenters. The third-order valence-electron chi connectivity index (χ3n) is 4.34. The Balaban J connectivity index is 1.50. The number of ether oxygens (including phenoxy) is 1. The Labute approximate surface area is 169 Å². The third kappa shape index (κ3) is 5.90. The number of nitrogens with one attached hydrogen (secondary N) is 2. The molecule has 2 N–H and O–H groups in total. The summed E-state index contributed by atoms with van der Waals surface area (Å²) in [7, 11) is 1.35. The SMILES string of the molecule is COC(=O)c1cccc(Nc2ccc(C(=O)NCCCc3ccccc3)nc2)c1. The zero-order valence-corrected chi connectivity index (χ0v) is 16.2. The average molecular weight is 389 g/mol. The lowest BCUT2D eigenvalue weighted by atomic mass is 10.1. The largest absolute Gasteiger partial charge is 0.465 e. The molecule has 1 heterocycles. The number of amides is 1. The number of hydrogen-bond acceptors (Lipinski definition) is 5. The topological polar surface area (TPSA) is 80.3 Å². The summed E-state index contributed by atoms with van der Waals surface area (Å²) in [6.07, 6.45) is 3.37. The number of aryl methyl sites for hydroxylation is 1. The number of carbonyl (C=O) groups is 2. The fourth-order valence-electron chi connectivity index (χ4n) is 2.84. The molecule has 1 amide bonds. The molecule has 0 unspecified atom stereocenters. The maximum Gasteiger partial charge on any atom is 0.337 e. The van der Waals surface area contributed by atoms with Crippen LogP contribution in [0.5, 0.6) is 0 Å². The molecule has 0 spiro atoms.